The molecule has 1 aromatic heterocycles. The lowest BCUT2D eigenvalue weighted by molar-refractivity contribution is -0.131. The molecule has 0 aliphatic heterocycles. The second-order valence-electron chi connectivity index (χ2n) is 4.91. The van der Waals surface area contributed by atoms with Gasteiger partial charge in [0.05, 0.1) is 4.88 Å². The van der Waals surface area contributed by atoms with E-state index in [-0.39, 0.29) is 5.91 Å². The van der Waals surface area contributed by atoms with Crippen molar-refractivity contribution in [2.75, 3.05) is 6.54 Å². The molecule has 0 spiro atoms. The number of carboxylic acid groups (broad SMARTS) is 1. The predicted molar refractivity (Wildman–Crippen MR) is 75.3 cm³/mol. The van der Waals surface area contributed by atoms with Crippen molar-refractivity contribution in [1.29, 1.82) is 0 Å². The number of carbonyl (C=O) groups excluding carboxylic acids is 1. The highest BCUT2D eigenvalue weighted by molar-refractivity contribution is 7.12. The maximum atomic E-state index is 12.1. The van der Waals surface area contributed by atoms with Crippen LogP contribution in [0.15, 0.2) is 17.5 Å². The monoisotopic (exact) mass is 279 g/mol. The van der Waals surface area contributed by atoms with Crippen molar-refractivity contribution in [1.82, 2.24) is 5.32 Å². The second-order valence-corrected chi connectivity index (χ2v) is 5.83. The molecule has 0 atom stereocenters. The molecular formula is C14H17NO3S. The normalized spacial score (nSPS) is 16.5. The first kappa shape index (κ1) is 13.8. The van der Waals surface area contributed by atoms with Crippen LogP contribution in [-0.4, -0.2) is 23.5 Å². The van der Waals surface area contributed by atoms with Crippen molar-refractivity contribution < 1.29 is 14.7 Å². The third kappa shape index (κ3) is 3.44. The molecule has 1 aromatic rings. The minimum absolute atomic E-state index is 0.111. The molecule has 1 fully saturated rings. The molecular weight excluding hydrogens is 262 g/mol. The van der Waals surface area contributed by atoms with Gasteiger partial charge in [0.15, 0.2) is 0 Å². The molecule has 2 rings (SSSR count). The Bertz CT molecular complexity index is 515. The molecule has 5 heteroatoms. The number of carbonyl (C=O) groups is 2. The molecule has 1 aliphatic rings. The zero-order valence-electron chi connectivity index (χ0n) is 10.8. The van der Waals surface area contributed by atoms with Crippen LogP contribution in [0.1, 0.15) is 41.4 Å². The molecule has 102 valence electrons. The number of aliphatic carboxylic acids is 1. The number of hydrogen-bond acceptors (Lipinski definition) is 3. The van der Waals surface area contributed by atoms with Gasteiger partial charge in [-0.2, -0.15) is 0 Å². The van der Waals surface area contributed by atoms with E-state index in [0.29, 0.717) is 22.4 Å². The van der Waals surface area contributed by atoms with Crippen LogP contribution >= 0.6 is 11.3 Å². The lowest BCUT2D eigenvalue weighted by Crippen LogP contribution is -2.29. The molecule has 19 heavy (non-hydrogen) atoms. The molecule has 1 aliphatic carbocycles. The van der Waals surface area contributed by atoms with Crippen molar-refractivity contribution in [2.45, 2.75) is 26.2 Å². The van der Waals surface area contributed by atoms with E-state index in [1.54, 1.807) is 11.4 Å². The van der Waals surface area contributed by atoms with E-state index >= 15 is 0 Å². The summed E-state index contributed by atoms with van der Waals surface area (Å²) in [5, 5.41) is 13.4. The summed E-state index contributed by atoms with van der Waals surface area (Å²) in [5.41, 5.74) is 0.968. The summed E-state index contributed by atoms with van der Waals surface area (Å²) in [6, 6.07) is 1.76. The van der Waals surface area contributed by atoms with E-state index in [0.717, 1.165) is 12.5 Å². The van der Waals surface area contributed by atoms with Crippen LogP contribution in [0.3, 0.4) is 0 Å². The van der Waals surface area contributed by atoms with Crippen LogP contribution in [0.2, 0.25) is 0 Å². The third-order valence-electron chi connectivity index (χ3n) is 3.64. The van der Waals surface area contributed by atoms with Gasteiger partial charge in [-0.1, -0.05) is 6.92 Å². The Kier molecular flexibility index (Phi) is 4.04. The number of hydrogen-bond donors (Lipinski definition) is 2. The van der Waals surface area contributed by atoms with E-state index in [1.807, 2.05) is 0 Å². The first-order valence-corrected chi connectivity index (χ1v) is 7.21. The molecule has 1 saturated carbocycles. The number of amides is 1. The Morgan fingerprint density at radius 2 is 2.26 bits per heavy atom. The largest absolute Gasteiger partial charge is 0.478 e. The Hall–Kier alpha value is -1.62. The SMILES string of the molecule is CCC1(CNC(=O)c2sccc2/C=C/C(=O)O)CC1. The predicted octanol–water partition coefficient (Wildman–Crippen LogP) is 2.77. The van der Waals surface area contributed by atoms with E-state index in [1.165, 1.54) is 30.3 Å². The van der Waals surface area contributed by atoms with E-state index in [4.69, 9.17) is 5.11 Å². The Morgan fingerprint density at radius 3 is 2.84 bits per heavy atom. The average molecular weight is 279 g/mol. The number of thiophene rings is 1. The van der Waals surface area contributed by atoms with Crippen molar-refractivity contribution in [3.8, 4) is 0 Å². The Balaban J connectivity index is 1.99. The fourth-order valence-corrected chi connectivity index (χ4v) is 2.78. The number of nitrogens with one attached hydrogen (secondary N) is 1. The molecule has 1 heterocycles. The molecule has 0 saturated heterocycles. The fraction of sp³-hybridized carbons (Fsp3) is 0.429. The summed E-state index contributed by atoms with van der Waals surface area (Å²) in [7, 11) is 0. The van der Waals surface area contributed by atoms with Crippen LogP contribution in [0.25, 0.3) is 6.08 Å². The van der Waals surface area contributed by atoms with Crippen LogP contribution in [0, 0.1) is 5.41 Å². The minimum Gasteiger partial charge on any atom is -0.478 e. The smallest absolute Gasteiger partial charge is 0.328 e. The van der Waals surface area contributed by atoms with E-state index in [9.17, 15) is 9.59 Å². The lowest BCUT2D eigenvalue weighted by atomic mass is 10.0. The van der Waals surface area contributed by atoms with Crippen LogP contribution in [0.5, 0.6) is 0 Å². The highest BCUT2D eigenvalue weighted by Crippen LogP contribution is 2.47. The lowest BCUT2D eigenvalue weighted by Gasteiger charge is -2.13. The van der Waals surface area contributed by atoms with Gasteiger partial charge in [-0.05, 0) is 47.8 Å². The average Bonchev–Trinajstić information content (AvgIpc) is 3.02. The summed E-state index contributed by atoms with van der Waals surface area (Å²) in [4.78, 5) is 23.1. The van der Waals surface area contributed by atoms with Crippen LogP contribution in [0.4, 0.5) is 0 Å². The highest BCUT2D eigenvalue weighted by atomic mass is 32.1. The second kappa shape index (κ2) is 5.57. The first-order valence-electron chi connectivity index (χ1n) is 6.33. The van der Waals surface area contributed by atoms with Crippen LogP contribution in [-0.2, 0) is 4.79 Å². The fourth-order valence-electron chi connectivity index (χ4n) is 1.98. The van der Waals surface area contributed by atoms with Gasteiger partial charge in [0.2, 0.25) is 0 Å². The summed E-state index contributed by atoms with van der Waals surface area (Å²) in [6.45, 7) is 2.85. The molecule has 2 N–H and O–H groups in total. The van der Waals surface area contributed by atoms with Gasteiger partial charge < -0.3 is 10.4 Å². The Morgan fingerprint density at radius 1 is 1.53 bits per heavy atom. The van der Waals surface area contributed by atoms with Gasteiger partial charge >= 0.3 is 5.97 Å². The first-order chi connectivity index (χ1) is 9.06. The molecule has 4 nitrogen and oxygen atoms in total. The number of carboxylic acids is 1. The van der Waals surface area contributed by atoms with E-state index in [2.05, 4.69) is 12.2 Å². The quantitative estimate of drug-likeness (QED) is 0.787. The molecule has 0 aromatic carbocycles. The van der Waals surface area contributed by atoms with Gasteiger partial charge in [0, 0.05) is 12.6 Å². The minimum atomic E-state index is -1.01. The molecule has 0 unspecified atom stereocenters. The summed E-state index contributed by atoms with van der Waals surface area (Å²) in [6.07, 6.45) is 5.96. The van der Waals surface area contributed by atoms with Gasteiger partial charge in [-0.3, -0.25) is 4.79 Å². The van der Waals surface area contributed by atoms with Crippen molar-refractivity contribution in [2.24, 2.45) is 5.41 Å². The van der Waals surface area contributed by atoms with Crippen molar-refractivity contribution in [3.05, 3.63) is 28.0 Å². The van der Waals surface area contributed by atoms with Crippen molar-refractivity contribution in [3.63, 3.8) is 0 Å². The summed E-state index contributed by atoms with van der Waals surface area (Å²) in [5.74, 6) is -1.12. The zero-order valence-corrected chi connectivity index (χ0v) is 11.6. The summed E-state index contributed by atoms with van der Waals surface area (Å²) >= 11 is 1.33. The van der Waals surface area contributed by atoms with Gasteiger partial charge in [0.1, 0.15) is 0 Å². The maximum absolute atomic E-state index is 12.1. The summed E-state index contributed by atoms with van der Waals surface area (Å²) < 4.78 is 0. The third-order valence-corrected chi connectivity index (χ3v) is 4.57. The van der Waals surface area contributed by atoms with Gasteiger partial charge in [0.25, 0.3) is 5.91 Å². The number of rotatable bonds is 6. The molecule has 0 radical (unpaired) electrons. The van der Waals surface area contributed by atoms with Crippen molar-refractivity contribution >= 4 is 29.3 Å². The highest BCUT2D eigenvalue weighted by Gasteiger charge is 2.40. The Labute approximate surface area is 116 Å². The van der Waals surface area contributed by atoms with Crippen LogP contribution < -0.4 is 5.32 Å². The maximum Gasteiger partial charge on any atom is 0.328 e. The topological polar surface area (TPSA) is 66.4 Å². The zero-order chi connectivity index (χ0) is 13.9. The molecule has 0 bridgehead atoms. The molecule has 1 amide bonds. The standard InChI is InChI=1S/C14H17NO3S/c1-2-14(6-7-14)9-15-13(18)12-10(5-8-19-12)3-4-11(16)17/h3-5,8H,2,6-7,9H2,1H3,(H,15,18)(H,16,17)/b4-3+. The van der Waals surface area contributed by atoms with Gasteiger partial charge in [-0.25, -0.2) is 4.79 Å². The van der Waals surface area contributed by atoms with E-state index < -0.39 is 5.97 Å². The van der Waals surface area contributed by atoms with Gasteiger partial charge in [-0.15, -0.1) is 11.3 Å².